The maximum absolute atomic E-state index is 11.8. The van der Waals surface area contributed by atoms with Gasteiger partial charge in [0.15, 0.2) is 0 Å². The van der Waals surface area contributed by atoms with Crippen molar-refractivity contribution in [3.8, 4) is 0 Å². The fourth-order valence-corrected chi connectivity index (χ4v) is 4.62. The Kier molecular flexibility index (Phi) is 5.75. The van der Waals surface area contributed by atoms with Crippen LogP contribution in [0.2, 0.25) is 0 Å². The predicted molar refractivity (Wildman–Crippen MR) is 82.1 cm³/mol. The lowest BCUT2D eigenvalue weighted by Crippen LogP contribution is -2.52. The number of ether oxygens (including phenoxy) is 2. The van der Waals surface area contributed by atoms with Gasteiger partial charge in [-0.05, 0) is 45.8 Å². The molecule has 2 unspecified atom stereocenters. The molecule has 0 saturated carbocycles. The zero-order valence-corrected chi connectivity index (χ0v) is 13.7. The molecule has 20 heavy (non-hydrogen) atoms. The summed E-state index contributed by atoms with van der Waals surface area (Å²) in [6.45, 7) is 7.85. The van der Waals surface area contributed by atoms with E-state index in [0.717, 1.165) is 31.6 Å². The van der Waals surface area contributed by atoms with Gasteiger partial charge in [-0.15, -0.1) is 0 Å². The highest BCUT2D eigenvalue weighted by atomic mass is 32.2. The van der Waals surface area contributed by atoms with Gasteiger partial charge in [-0.25, -0.2) is 0 Å². The Morgan fingerprint density at radius 2 is 2.35 bits per heavy atom. The number of rotatable bonds is 5. The maximum atomic E-state index is 11.8. The summed E-state index contributed by atoms with van der Waals surface area (Å²) in [7, 11) is 0. The second-order valence-corrected chi connectivity index (χ2v) is 7.16. The molecule has 116 valence electrons. The van der Waals surface area contributed by atoms with E-state index in [2.05, 4.69) is 18.7 Å². The van der Waals surface area contributed by atoms with Crippen LogP contribution in [0.5, 0.6) is 0 Å². The van der Waals surface area contributed by atoms with Crippen molar-refractivity contribution < 1.29 is 14.3 Å². The van der Waals surface area contributed by atoms with Crippen LogP contribution in [-0.4, -0.2) is 59.8 Å². The normalized spacial score (nSPS) is 30.4. The average Bonchev–Trinajstić information content (AvgIpc) is 2.84. The Balaban J connectivity index is 1.99. The van der Waals surface area contributed by atoms with Crippen LogP contribution in [0.15, 0.2) is 0 Å². The van der Waals surface area contributed by atoms with Crippen molar-refractivity contribution in [3.05, 3.63) is 0 Å². The van der Waals surface area contributed by atoms with Crippen LogP contribution in [0.3, 0.4) is 0 Å². The van der Waals surface area contributed by atoms with Crippen molar-refractivity contribution in [2.45, 2.75) is 57.7 Å². The second kappa shape index (κ2) is 7.14. The van der Waals surface area contributed by atoms with Crippen LogP contribution in [0, 0.1) is 0 Å². The summed E-state index contributed by atoms with van der Waals surface area (Å²) < 4.78 is 11.2. The van der Waals surface area contributed by atoms with Gasteiger partial charge < -0.3 is 9.47 Å². The van der Waals surface area contributed by atoms with Crippen molar-refractivity contribution in [1.82, 2.24) is 4.90 Å². The third-order valence-electron chi connectivity index (χ3n) is 4.28. The molecule has 5 heteroatoms. The van der Waals surface area contributed by atoms with Crippen LogP contribution >= 0.6 is 11.8 Å². The van der Waals surface area contributed by atoms with Crippen LogP contribution in [-0.2, 0) is 14.3 Å². The molecule has 0 aromatic rings. The smallest absolute Gasteiger partial charge is 0.320 e. The van der Waals surface area contributed by atoms with Gasteiger partial charge in [-0.2, -0.15) is 11.8 Å². The minimum atomic E-state index is -0.109. The summed E-state index contributed by atoms with van der Waals surface area (Å²) >= 11 is 1.99. The Morgan fingerprint density at radius 3 is 2.95 bits per heavy atom. The topological polar surface area (TPSA) is 38.8 Å². The van der Waals surface area contributed by atoms with E-state index in [1.807, 2.05) is 18.7 Å². The van der Waals surface area contributed by atoms with E-state index in [1.54, 1.807) is 0 Å². The van der Waals surface area contributed by atoms with E-state index in [4.69, 9.17) is 9.47 Å². The first kappa shape index (κ1) is 16.1. The second-order valence-electron chi connectivity index (χ2n) is 6.05. The third-order valence-corrected chi connectivity index (χ3v) is 5.51. The fraction of sp³-hybridized carbons (Fsp3) is 0.933. The Morgan fingerprint density at radius 1 is 1.55 bits per heavy atom. The van der Waals surface area contributed by atoms with E-state index in [9.17, 15) is 4.79 Å². The lowest BCUT2D eigenvalue weighted by molar-refractivity contribution is -0.148. The van der Waals surface area contributed by atoms with Crippen LogP contribution in [0.1, 0.15) is 40.0 Å². The van der Waals surface area contributed by atoms with Crippen molar-refractivity contribution >= 4 is 17.7 Å². The number of nitrogens with zero attached hydrogens (tertiary/aromatic N) is 1. The van der Waals surface area contributed by atoms with Gasteiger partial charge in [0.1, 0.15) is 0 Å². The van der Waals surface area contributed by atoms with Crippen molar-refractivity contribution in [2.24, 2.45) is 0 Å². The minimum absolute atomic E-state index is 0.0649. The van der Waals surface area contributed by atoms with E-state index in [-0.39, 0.29) is 11.6 Å². The zero-order valence-electron chi connectivity index (χ0n) is 12.9. The summed E-state index contributed by atoms with van der Waals surface area (Å²) in [5.74, 6) is 2.20. The molecule has 2 rings (SSSR count). The number of carbonyl (C=O) groups is 1. The van der Waals surface area contributed by atoms with Crippen molar-refractivity contribution in [2.75, 3.05) is 31.3 Å². The molecule has 2 saturated heterocycles. The quantitative estimate of drug-likeness (QED) is 0.729. The molecule has 1 spiro atoms. The molecule has 2 fully saturated rings. The lowest BCUT2D eigenvalue weighted by Gasteiger charge is -2.43. The number of carbonyl (C=O) groups excluding carboxylic acids is 1. The molecule has 0 bridgehead atoms. The summed E-state index contributed by atoms with van der Waals surface area (Å²) in [5, 5.41) is 0. The van der Waals surface area contributed by atoms with Gasteiger partial charge >= 0.3 is 5.97 Å². The molecule has 2 heterocycles. The average molecular weight is 301 g/mol. The van der Waals surface area contributed by atoms with E-state index in [1.165, 1.54) is 5.75 Å². The Hall–Kier alpha value is -0.260. The zero-order chi connectivity index (χ0) is 14.6. The number of hydrogen-bond donors (Lipinski definition) is 0. The lowest BCUT2D eigenvalue weighted by atomic mass is 9.88. The summed E-state index contributed by atoms with van der Waals surface area (Å²) in [6, 6.07) is 0.792. The van der Waals surface area contributed by atoms with Gasteiger partial charge in [0, 0.05) is 24.4 Å². The molecule has 2 aliphatic rings. The highest BCUT2D eigenvalue weighted by Gasteiger charge is 2.42. The highest BCUT2D eigenvalue weighted by molar-refractivity contribution is 7.99. The summed E-state index contributed by atoms with van der Waals surface area (Å²) in [5.41, 5.74) is 0.0649. The Labute approximate surface area is 126 Å². The van der Waals surface area contributed by atoms with Crippen LogP contribution in [0.4, 0.5) is 0 Å². The SMILES string of the molecule is CCOC(=O)CN(C(C)C)C1CCOC2(CCSC2)C1. The molecule has 0 amide bonds. The van der Waals surface area contributed by atoms with E-state index in [0.29, 0.717) is 25.2 Å². The van der Waals surface area contributed by atoms with Gasteiger partial charge in [0.2, 0.25) is 0 Å². The predicted octanol–water partition coefficient (Wildman–Crippen LogP) is 2.31. The third kappa shape index (κ3) is 3.89. The molecule has 2 aliphatic heterocycles. The molecule has 0 aromatic carbocycles. The number of esters is 1. The minimum Gasteiger partial charge on any atom is -0.465 e. The molecular weight excluding hydrogens is 274 g/mol. The Bertz CT molecular complexity index is 329. The van der Waals surface area contributed by atoms with Gasteiger partial charge in [-0.1, -0.05) is 0 Å². The standard InChI is InChI=1S/C15H27NO3S/c1-4-18-14(17)10-16(12(2)3)13-5-7-19-15(9-13)6-8-20-11-15/h12-13H,4-11H2,1-3H3. The summed E-state index contributed by atoms with van der Waals surface area (Å²) in [6.07, 6.45) is 3.22. The first-order valence-corrected chi connectivity index (χ1v) is 8.85. The molecule has 0 aliphatic carbocycles. The van der Waals surface area contributed by atoms with Crippen molar-refractivity contribution in [3.63, 3.8) is 0 Å². The van der Waals surface area contributed by atoms with Crippen LogP contribution < -0.4 is 0 Å². The van der Waals surface area contributed by atoms with E-state index >= 15 is 0 Å². The highest BCUT2D eigenvalue weighted by Crippen LogP contribution is 2.39. The maximum Gasteiger partial charge on any atom is 0.320 e. The van der Waals surface area contributed by atoms with Crippen LogP contribution in [0.25, 0.3) is 0 Å². The first-order valence-electron chi connectivity index (χ1n) is 7.69. The molecule has 2 atom stereocenters. The van der Waals surface area contributed by atoms with Gasteiger partial charge in [0.25, 0.3) is 0 Å². The largest absolute Gasteiger partial charge is 0.465 e. The summed E-state index contributed by atoms with van der Waals surface area (Å²) in [4.78, 5) is 14.1. The number of thioether (sulfide) groups is 1. The molecule has 0 radical (unpaired) electrons. The van der Waals surface area contributed by atoms with Gasteiger partial charge in [-0.3, -0.25) is 9.69 Å². The van der Waals surface area contributed by atoms with Crippen molar-refractivity contribution in [1.29, 1.82) is 0 Å². The molecule has 4 nitrogen and oxygen atoms in total. The molecule has 0 N–H and O–H groups in total. The van der Waals surface area contributed by atoms with E-state index < -0.39 is 0 Å². The first-order chi connectivity index (χ1) is 9.56. The molecular formula is C15H27NO3S. The molecule has 0 aromatic heterocycles. The number of hydrogen-bond acceptors (Lipinski definition) is 5. The monoisotopic (exact) mass is 301 g/mol. The van der Waals surface area contributed by atoms with Gasteiger partial charge in [0.05, 0.1) is 18.8 Å². The fourth-order valence-electron chi connectivity index (χ4n) is 3.24.